The fourth-order valence-electron chi connectivity index (χ4n) is 8.57. The van der Waals surface area contributed by atoms with Gasteiger partial charge < -0.3 is 4.57 Å². The van der Waals surface area contributed by atoms with Crippen molar-refractivity contribution in [2.45, 2.75) is 0 Å². The summed E-state index contributed by atoms with van der Waals surface area (Å²) in [5.41, 5.74) is 8.67. The molecule has 4 nitrogen and oxygen atoms in total. The highest BCUT2D eigenvalue weighted by Gasteiger charge is 2.20. The van der Waals surface area contributed by atoms with Gasteiger partial charge in [-0.3, -0.25) is 4.57 Å². The average molecular weight is 693 g/mol. The number of benzene rings is 8. The fourth-order valence-corrected chi connectivity index (χ4v) is 9.66. The van der Waals surface area contributed by atoms with Gasteiger partial charge in [-0.05, 0) is 66.0 Å². The molecule has 53 heavy (non-hydrogen) atoms. The molecule has 0 amide bonds. The molecule has 0 unspecified atom stereocenters. The monoisotopic (exact) mass is 692 g/mol. The summed E-state index contributed by atoms with van der Waals surface area (Å²) in [6.45, 7) is 0. The van der Waals surface area contributed by atoms with Crippen LogP contribution >= 0.6 is 11.3 Å². The van der Waals surface area contributed by atoms with Crippen LogP contribution in [-0.4, -0.2) is 19.1 Å². The highest BCUT2D eigenvalue weighted by Crippen LogP contribution is 2.41. The summed E-state index contributed by atoms with van der Waals surface area (Å²) in [7, 11) is 0. The lowest BCUT2D eigenvalue weighted by Gasteiger charge is -2.13. The number of aromatic nitrogens is 4. The lowest BCUT2D eigenvalue weighted by Crippen LogP contribution is -2.03. The average Bonchev–Trinajstić information content (AvgIpc) is 3.86. The number of rotatable bonds is 3. The topological polar surface area (TPSA) is 35.6 Å². The Balaban J connectivity index is 1.14. The summed E-state index contributed by atoms with van der Waals surface area (Å²) < 4.78 is 7.26. The van der Waals surface area contributed by atoms with Gasteiger partial charge in [-0.25, -0.2) is 9.97 Å². The molecule has 246 valence electrons. The number of para-hydroxylation sites is 4. The van der Waals surface area contributed by atoms with E-state index in [1.807, 2.05) is 11.3 Å². The summed E-state index contributed by atoms with van der Waals surface area (Å²) >= 11 is 1.84. The van der Waals surface area contributed by atoms with E-state index in [4.69, 9.17) is 9.97 Å². The van der Waals surface area contributed by atoms with Crippen molar-refractivity contribution >= 4 is 96.8 Å². The highest BCUT2D eigenvalue weighted by molar-refractivity contribution is 7.25. The third kappa shape index (κ3) is 4.11. The van der Waals surface area contributed by atoms with E-state index in [1.165, 1.54) is 63.8 Å². The predicted octanol–water partition coefficient (Wildman–Crippen LogP) is 13.0. The summed E-state index contributed by atoms with van der Waals surface area (Å²) in [5.74, 6) is 0.665. The molecule has 0 radical (unpaired) electrons. The molecule has 0 bridgehead atoms. The number of fused-ring (bicyclic) bond motifs is 11. The first kappa shape index (κ1) is 28.8. The summed E-state index contributed by atoms with van der Waals surface area (Å²) in [6.07, 6.45) is 0. The molecule has 4 heterocycles. The lowest BCUT2D eigenvalue weighted by molar-refractivity contribution is 1.01. The van der Waals surface area contributed by atoms with E-state index in [9.17, 15) is 0 Å². The first-order valence-electron chi connectivity index (χ1n) is 17.9. The maximum Gasteiger partial charge on any atom is 0.235 e. The summed E-state index contributed by atoms with van der Waals surface area (Å²) in [5, 5.41) is 10.8. The van der Waals surface area contributed by atoms with Crippen molar-refractivity contribution in [3.05, 3.63) is 170 Å². The van der Waals surface area contributed by atoms with Crippen molar-refractivity contribution in [2.24, 2.45) is 0 Å². The van der Waals surface area contributed by atoms with Gasteiger partial charge in [-0.15, -0.1) is 11.3 Å². The fraction of sp³-hybridized carbons (Fsp3) is 0. The smallest absolute Gasteiger partial charge is 0.235 e. The molecular formula is C48H28N4S. The summed E-state index contributed by atoms with van der Waals surface area (Å²) in [6, 6.07) is 61.2. The first-order valence-corrected chi connectivity index (χ1v) is 18.7. The molecule has 8 aromatic carbocycles. The Morgan fingerprint density at radius 3 is 1.77 bits per heavy atom. The van der Waals surface area contributed by atoms with Crippen LogP contribution in [-0.2, 0) is 0 Å². The molecule has 5 heteroatoms. The number of hydrogen-bond donors (Lipinski definition) is 0. The molecule has 0 saturated carbocycles. The van der Waals surface area contributed by atoms with Gasteiger partial charge in [0.15, 0.2) is 0 Å². The number of hydrogen-bond acceptors (Lipinski definition) is 3. The van der Waals surface area contributed by atoms with Gasteiger partial charge in [0.25, 0.3) is 0 Å². The Hall–Kier alpha value is -6.82. The van der Waals surface area contributed by atoms with E-state index < -0.39 is 0 Å². The van der Waals surface area contributed by atoms with E-state index in [2.05, 4.69) is 179 Å². The second-order valence-electron chi connectivity index (χ2n) is 13.8. The minimum atomic E-state index is 0.665. The van der Waals surface area contributed by atoms with Gasteiger partial charge in [-0.1, -0.05) is 109 Å². The van der Waals surface area contributed by atoms with E-state index in [0.717, 1.165) is 38.6 Å². The molecule has 0 atom stereocenters. The minimum absolute atomic E-state index is 0.665. The maximum absolute atomic E-state index is 5.44. The van der Waals surface area contributed by atoms with Crippen LogP contribution < -0.4 is 0 Å². The Kier molecular flexibility index (Phi) is 5.90. The molecule has 0 aliphatic rings. The Bertz CT molecular complexity index is 3420. The molecule has 0 saturated heterocycles. The SMILES string of the molecule is c1cc(-n2c3ccccc3c3ccccc32)c2cc3c4ccccc4n(-c4nc(-c5ccc6sc7ccccc7c6c5)c5ccccc5n4)c3cc2c1. The van der Waals surface area contributed by atoms with Crippen LogP contribution in [0.15, 0.2) is 170 Å². The van der Waals surface area contributed by atoms with Crippen LogP contribution in [0.4, 0.5) is 0 Å². The van der Waals surface area contributed by atoms with Crippen molar-refractivity contribution in [1.82, 2.24) is 19.1 Å². The summed E-state index contributed by atoms with van der Waals surface area (Å²) in [4.78, 5) is 10.7. The van der Waals surface area contributed by atoms with Crippen molar-refractivity contribution in [1.29, 1.82) is 0 Å². The zero-order valence-electron chi connectivity index (χ0n) is 28.4. The predicted molar refractivity (Wildman–Crippen MR) is 224 cm³/mol. The molecule has 0 aliphatic heterocycles. The van der Waals surface area contributed by atoms with Crippen molar-refractivity contribution in [3.63, 3.8) is 0 Å². The van der Waals surface area contributed by atoms with Crippen LogP contribution in [0.2, 0.25) is 0 Å². The van der Waals surface area contributed by atoms with Gasteiger partial charge in [0.05, 0.1) is 39.0 Å². The maximum atomic E-state index is 5.44. The van der Waals surface area contributed by atoms with Crippen LogP contribution in [0.25, 0.3) is 108 Å². The van der Waals surface area contributed by atoms with Crippen LogP contribution in [0.5, 0.6) is 0 Å². The quantitative estimate of drug-likeness (QED) is 0.185. The van der Waals surface area contributed by atoms with Crippen molar-refractivity contribution in [3.8, 4) is 22.9 Å². The molecular weight excluding hydrogens is 665 g/mol. The number of nitrogens with zero attached hydrogens (tertiary/aromatic N) is 4. The molecule has 12 aromatic rings. The second-order valence-corrected chi connectivity index (χ2v) is 14.9. The van der Waals surface area contributed by atoms with E-state index in [1.54, 1.807) is 0 Å². The van der Waals surface area contributed by atoms with E-state index in [0.29, 0.717) is 5.95 Å². The molecule has 0 fully saturated rings. The third-order valence-electron chi connectivity index (χ3n) is 10.9. The zero-order valence-corrected chi connectivity index (χ0v) is 29.2. The lowest BCUT2D eigenvalue weighted by atomic mass is 10.0. The first-order chi connectivity index (χ1) is 26.3. The zero-order chi connectivity index (χ0) is 34.6. The normalized spacial score (nSPS) is 12.2. The van der Waals surface area contributed by atoms with Crippen LogP contribution in [0, 0.1) is 0 Å². The van der Waals surface area contributed by atoms with Crippen molar-refractivity contribution < 1.29 is 0 Å². The molecule has 0 spiro atoms. The van der Waals surface area contributed by atoms with Gasteiger partial charge in [0.2, 0.25) is 5.95 Å². The molecule has 0 aliphatic carbocycles. The van der Waals surface area contributed by atoms with E-state index in [-0.39, 0.29) is 0 Å². The highest BCUT2D eigenvalue weighted by atomic mass is 32.1. The standard InChI is InChI=1S/C48H28N4S/c1-6-18-39-35(17-1)47(30-24-25-46-38(26-30)34-16-5-10-23-45(34)53-46)50-48(49-39)52-42-21-9-4-15-33(42)37-28-36-29(27-44(37)52)12-11-22-43(36)51-40-19-7-2-13-31(40)32-14-3-8-20-41(32)51/h1-28H. The Morgan fingerprint density at radius 2 is 1.00 bits per heavy atom. The van der Waals surface area contributed by atoms with Gasteiger partial charge in [-0.2, -0.15) is 0 Å². The van der Waals surface area contributed by atoms with Gasteiger partial charge >= 0.3 is 0 Å². The van der Waals surface area contributed by atoms with Gasteiger partial charge in [0, 0.05) is 58.1 Å². The van der Waals surface area contributed by atoms with Crippen molar-refractivity contribution in [2.75, 3.05) is 0 Å². The molecule has 12 rings (SSSR count). The minimum Gasteiger partial charge on any atom is -0.309 e. The molecule has 4 aromatic heterocycles. The van der Waals surface area contributed by atoms with Gasteiger partial charge in [0.1, 0.15) is 0 Å². The Labute approximate surface area is 307 Å². The van der Waals surface area contributed by atoms with Crippen LogP contribution in [0.3, 0.4) is 0 Å². The molecule has 0 N–H and O–H groups in total. The number of thiophene rings is 1. The van der Waals surface area contributed by atoms with Crippen LogP contribution in [0.1, 0.15) is 0 Å². The largest absolute Gasteiger partial charge is 0.309 e. The Morgan fingerprint density at radius 1 is 0.377 bits per heavy atom. The van der Waals surface area contributed by atoms with E-state index >= 15 is 0 Å². The second kappa shape index (κ2) is 10.8. The third-order valence-corrected chi connectivity index (χ3v) is 12.1.